The summed E-state index contributed by atoms with van der Waals surface area (Å²) >= 11 is 5.90. The third-order valence-corrected chi connectivity index (χ3v) is 3.26. The van der Waals surface area contributed by atoms with Crippen LogP contribution in [0.3, 0.4) is 0 Å². The maximum atomic E-state index is 10.8. The molecule has 0 amide bonds. The molecule has 0 aliphatic rings. The van der Waals surface area contributed by atoms with Crippen molar-refractivity contribution in [1.82, 2.24) is 0 Å². The normalized spacial score (nSPS) is 10.3. The number of nitrogens with zero attached hydrogens (tertiary/aromatic N) is 1. The maximum absolute atomic E-state index is 10.8. The van der Waals surface area contributed by atoms with Gasteiger partial charge < -0.3 is 11.1 Å². The van der Waals surface area contributed by atoms with Crippen molar-refractivity contribution >= 4 is 28.7 Å². The molecular formula is C14H14ClN3O2. The Kier molecular flexibility index (Phi) is 4.10. The van der Waals surface area contributed by atoms with E-state index in [0.717, 1.165) is 16.8 Å². The predicted molar refractivity (Wildman–Crippen MR) is 81.0 cm³/mol. The molecule has 0 spiro atoms. The van der Waals surface area contributed by atoms with Gasteiger partial charge in [-0.3, -0.25) is 10.1 Å². The molecule has 6 heteroatoms. The first-order valence-corrected chi connectivity index (χ1v) is 6.38. The van der Waals surface area contributed by atoms with E-state index in [1.807, 2.05) is 24.3 Å². The fourth-order valence-electron chi connectivity index (χ4n) is 1.83. The van der Waals surface area contributed by atoms with E-state index in [9.17, 15) is 10.1 Å². The van der Waals surface area contributed by atoms with Crippen LogP contribution < -0.4 is 11.1 Å². The van der Waals surface area contributed by atoms with Gasteiger partial charge in [0.05, 0.1) is 4.92 Å². The zero-order valence-corrected chi connectivity index (χ0v) is 11.6. The van der Waals surface area contributed by atoms with Crippen molar-refractivity contribution in [2.24, 2.45) is 0 Å². The van der Waals surface area contributed by atoms with Gasteiger partial charge in [-0.2, -0.15) is 0 Å². The number of nitro benzene ring substituents is 1. The highest BCUT2D eigenvalue weighted by molar-refractivity contribution is 6.33. The number of hydrogen-bond acceptors (Lipinski definition) is 4. The van der Waals surface area contributed by atoms with Crippen molar-refractivity contribution in [3.05, 3.63) is 62.7 Å². The van der Waals surface area contributed by atoms with Crippen molar-refractivity contribution in [3.63, 3.8) is 0 Å². The van der Waals surface area contributed by atoms with Crippen LogP contribution in [0.15, 0.2) is 36.4 Å². The Morgan fingerprint density at radius 1 is 1.30 bits per heavy atom. The van der Waals surface area contributed by atoms with E-state index < -0.39 is 4.92 Å². The van der Waals surface area contributed by atoms with Crippen LogP contribution >= 0.6 is 11.6 Å². The molecule has 20 heavy (non-hydrogen) atoms. The van der Waals surface area contributed by atoms with E-state index in [1.54, 1.807) is 13.0 Å². The summed E-state index contributed by atoms with van der Waals surface area (Å²) < 4.78 is 0. The zero-order valence-electron chi connectivity index (χ0n) is 10.9. The molecule has 5 nitrogen and oxygen atoms in total. The summed E-state index contributed by atoms with van der Waals surface area (Å²) in [5, 5.41) is 14.1. The monoisotopic (exact) mass is 291 g/mol. The van der Waals surface area contributed by atoms with Gasteiger partial charge in [-0.15, -0.1) is 0 Å². The lowest BCUT2D eigenvalue weighted by molar-refractivity contribution is -0.384. The number of nitrogens with two attached hydrogens (primary N) is 1. The molecule has 3 N–H and O–H groups in total. The van der Waals surface area contributed by atoms with Gasteiger partial charge in [0.1, 0.15) is 5.02 Å². The quantitative estimate of drug-likeness (QED) is 0.510. The van der Waals surface area contributed by atoms with Crippen molar-refractivity contribution in [1.29, 1.82) is 0 Å². The number of nitrogen functional groups attached to an aromatic ring is 1. The number of halogens is 1. The van der Waals surface area contributed by atoms with Crippen LogP contribution in [0.4, 0.5) is 17.1 Å². The van der Waals surface area contributed by atoms with Gasteiger partial charge in [-0.25, -0.2) is 0 Å². The van der Waals surface area contributed by atoms with Crippen LogP contribution in [-0.2, 0) is 6.54 Å². The Bertz CT molecular complexity index is 642. The van der Waals surface area contributed by atoms with Gasteiger partial charge in [-0.05, 0) is 36.2 Å². The lowest BCUT2D eigenvalue weighted by Crippen LogP contribution is -2.02. The molecule has 0 aliphatic carbocycles. The molecule has 0 unspecified atom stereocenters. The van der Waals surface area contributed by atoms with E-state index in [1.165, 1.54) is 6.07 Å². The molecule has 0 saturated carbocycles. The Morgan fingerprint density at radius 2 is 1.95 bits per heavy atom. The van der Waals surface area contributed by atoms with Crippen LogP contribution in [0.1, 0.15) is 11.1 Å². The lowest BCUT2D eigenvalue weighted by Gasteiger charge is -2.10. The van der Waals surface area contributed by atoms with Crippen molar-refractivity contribution in [2.45, 2.75) is 13.5 Å². The van der Waals surface area contributed by atoms with Crippen LogP contribution in [0.2, 0.25) is 5.02 Å². The largest absolute Gasteiger partial charge is 0.399 e. The molecule has 0 fully saturated rings. The number of benzene rings is 2. The van der Waals surface area contributed by atoms with Crippen molar-refractivity contribution < 1.29 is 4.92 Å². The summed E-state index contributed by atoms with van der Waals surface area (Å²) in [7, 11) is 0. The first-order chi connectivity index (χ1) is 9.47. The van der Waals surface area contributed by atoms with Gasteiger partial charge >= 0.3 is 0 Å². The number of nitro groups is 1. The molecule has 0 saturated heterocycles. The molecule has 0 heterocycles. The van der Waals surface area contributed by atoms with E-state index in [0.29, 0.717) is 12.2 Å². The van der Waals surface area contributed by atoms with E-state index in [-0.39, 0.29) is 10.7 Å². The summed E-state index contributed by atoms with van der Waals surface area (Å²) in [6.45, 7) is 2.39. The van der Waals surface area contributed by atoms with E-state index >= 15 is 0 Å². The summed E-state index contributed by atoms with van der Waals surface area (Å²) in [4.78, 5) is 10.3. The average Bonchev–Trinajstić information content (AvgIpc) is 2.41. The molecule has 0 aliphatic heterocycles. The summed E-state index contributed by atoms with van der Waals surface area (Å²) in [6.07, 6.45) is 0. The molecule has 2 aromatic rings. The minimum atomic E-state index is -0.487. The fraction of sp³-hybridized carbons (Fsp3) is 0.143. The average molecular weight is 292 g/mol. The second-order valence-corrected chi connectivity index (χ2v) is 4.88. The summed E-state index contributed by atoms with van der Waals surface area (Å²) in [5.74, 6) is 0. The number of hydrogen-bond donors (Lipinski definition) is 2. The zero-order chi connectivity index (χ0) is 14.7. The summed E-state index contributed by atoms with van der Waals surface area (Å²) in [5.41, 5.74) is 8.86. The first-order valence-electron chi connectivity index (χ1n) is 6.00. The summed E-state index contributed by atoms with van der Waals surface area (Å²) in [6, 6.07) is 10.5. The minimum absolute atomic E-state index is 0.0813. The van der Waals surface area contributed by atoms with Crippen LogP contribution in [0, 0.1) is 17.0 Å². The highest BCUT2D eigenvalue weighted by atomic mass is 35.5. The van der Waals surface area contributed by atoms with Gasteiger partial charge in [0.25, 0.3) is 5.69 Å². The Hall–Kier alpha value is -2.27. The third-order valence-electron chi connectivity index (χ3n) is 2.95. The molecule has 0 bridgehead atoms. The van der Waals surface area contributed by atoms with Crippen molar-refractivity contribution in [2.75, 3.05) is 11.1 Å². The fourth-order valence-corrected chi connectivity index (χ4v) is 2.06. The van der Waals surface area contributed by atoms with Crippen LogP contribution in [-0.4, -0.2) is 4.92 Å². The third kappa shape index (κ3) is 3.19. The highest BCUT2D eigenvalue weighted by Gasteiger charge is 2.14. The van der Waals surface area contributed by atoms with Gasteiger partial charge in [-0.1, -0.05) is 23.7 Å². The van der Waals surface area contributed by atoms with E-state index in [4.69, 9.17) is 17.3 Å². The Balaban J connectivity index is 2.16. The molecule has 0 atom stereocenters. The topological polar surface area (TPSA) is 81.2 Å². The SMILES string of the molecule is Cc1cc([N+](=O)[O-])c(Cl)cc1NCc1ccc(N)cc1. The number of anilines is 2. The molecular weight excluding hydrogens is 278 g/mol. The molecule has 0 radical (unpaired) electrons. The lowest BCUT2D eigenvalue weighted by atomic mass is 10.1. The smallest absolute Gasteiger partial charge is 0.288 e. The van der Waals surface area contributed by atoms with Crippen LogP contribution in [0.25, 0.3) is 0 Å². The van der Waals surface area contributed by atoms with Crippen LogP contribution in [0.5, 0.6) is 0 Å². The van der Waals surface area contributed by atoms with Crippen molar-refractivity contribution in [3.8, 4) is 0 Å². The minimum Gasteiger partial charge on any atom is -0.399 e. The van der Waals surface area contributed by atoms with Gasteiger partial charge in [0.15, 0.2) is 0 Å². The molecule has 0 aromatic heterocycles. The standard InChI is InChI=1S/C14H14ClN3O2/c1-9-6-14(18(19)20)12(15)7-13(9)17-8-10-2-4-11(16)5-3-10/h2-7,17H,8,16H2,1H3. The number of nitrogens with one attached hydrogen (secondary N) is 1. The molecule has 2 rings (SSSR count). The maximum Gasteiger partial charge on any atom is 0.288 e. The van der Waals surface area contributed by atoms with E-state index in [2.05, 4.69) is 5.32 Å². The molecule has 2 aromatic carbocycles. The molecule has 104 valence electrons. The second kappa shape index (κ2) is 5.79. The van der Waals surface area contributed by atoms with Gasteiger partial charge in [0, 0.05) is 24.0 Å². The predicted octanol–water partition coefficient (Wildman–Crippen LogP) is 3.75. The van der Waals surface area contributed by atoms with Gasteiger partial charge in [0.2, 0.25) is 0 Å². The number of rotatable bonds is 4. The first kappa shape index (κ1) is 14.1. The highest BCUT2D eigenvalue weighted by Crippen LogP contribution is 2.30. The second-order valence-electron chi connectivity index (χ2n) is 4.47. The Morgan fingerprint density at radius 3 is 2.55 bits per heavy atom. The Labute approximate surface area is 121 Å². The number of aryl methyl sites for hydroxylation is 1.